The number of hydrogen-bond acceptors (Lipinski definition) is 1. The lowest BCUT2D eigenvalue weighted by atomic mass is 10.1. The van der Waals surface area contributed by atoms with Gasteiger partial charge in [-0.05, 0) is 33.6 Å². The molecule has 4 heteroatoms. The lowest BCUT2D eigenvalue weighted by Crippen LogP contribution is -1.93. The van der Waals surface area contributed by atoms with Gasteiger partial charge in [-0.3, -0.25) is 0 Å². The quantitative estimate of drug-likeness (QED) is 0.576. The summed E-state index contributed by atoms with van der Waals surface area (Å²) in [6.45, 7) is 3.82. The van der Waals surface area contributed by atoms with Crippen LogP contribution in [-0.4, -0.2) is 7.11 Å². The molecule has 76 valence electrons. The average molecular weight is 340 g/mol. The van der Waals surface area contributed by atoms with E-state index < -0.39 is 0 Å². The van der Waals surface area contributed by atoms with Gasteiger partial charge in [-0.25, -0.2) is 0 Å². The van der Waals surface area contributed by atoms with E-state index in [2.05, 4.69) is 38.4 Å². The number of rotatable bonds is 3. The molecule has 0 heterocycles. The fraction of sp³-hybridized carbons (Fsp3) is 0.200. The Kier molecular flexibility index (Phi) is 4.48. The van der Waals surface area contributed by atoms with E-state index in [0.717, 1.165) is 15.6 Å². The monoisotopic (exact) mass is 338 g/mol. The maximum Gasteiger partial charge on any atom is 0.119 e. The maximum absolute atomic E-state index is 5.97. The molecular weight excluding hydrogens is 331 g/mol. The number of methoxy groups -OCH3 is 1. The molecule has 1 aromatic rings. The van der Waals surface area contributed by atoms with Crippen LogP contribution < -0.4 is 0 Å². The largest absolute Gasteiger partial charge is 0.497 e. The Balaban J connectivity index is 3.31. The van der Waals surface area contributed by atoms with Crippen molar-refractivity contribution < 1.29 is 4.74 Å². The smallest absolute Gasteiger partial charge is 0.119 e. The van der Waals surface area contributed by atoms with E-state index in [9.17, 15) is 0 Å². The van der Waals surface area contributed by atoms with Crippen molar-refractivity contribution in [2.24, 2.45) is 0 Å². The van der Waals surface area contributed by atoms with Gasteiger partial charge in [0.2, 0.25) is 0 Å². The second-order valence-electron chi connectivity index (χ2n) is 2.65. The molecular formula is C10H9Br2ClO. The van der Waals surface area contributed by atoms with Gasteiger partial charge in [-0.15, -0.1) is 0 Å². The zero-order valence-corrected chi connectivity index (χ0v) is 11.5. The third-order valence-electron chi connectivity index (χ3n) is 1.88. The molecule has 0 amide bonds. The van der Waals surface area contributed by atoms with Crippen molar-refractivity contribution in [2.45, 2.75) is 5.33 Å². The first kappa shape index (κ1) is 12.1. The van der Waals surface area contributed by atoms with Gasteiger partial charge in [0.25, 0.3) is 0 Å². The number of alkyl halides is 1. The van der Waals surface area contributed by atoms with Crippen LogP contribution >= 0.6 is 43.5 Å². The molecule has 0 bridgehead atoms. The lowest BCUT2D eigenvalue weighted by Gasteiger charge is -2.11. The molecule has 0 N–H and O–H groups in total. The standard InChI is InChI=1S/C10H9Br2ClO/c1-6(14-2)7-3-4-9(13)10(12)8(7)5-11/h3-4H,1,5H2,2H3. The molecule has 0 aliphatic rings. The highest BCUT2D eigenvalue weighted by Gasteiger charge is 2.11. The van der Waals surface area contributed by atoms with E-state index >= 15 is 0 Å². The van der Waals surface area contributed by atoms with Crippen LogP contribution in [0.3, 0.4) is 0 Å². The molecule has 0 aliphatic heterocycles. The van der Waals surface area contributed by atoms with Crippen LogP contribution in [0.2, 0.25) is 5.02 Å². The van der Waals surface area contributed by atoms with Crippen LogP contribution in [0.25, 0.3) is 5.76 Å². The van der Waals surface area contributed by atoms with Crippen LogP contribution in [0.15, 0.2) is 23.2 Å². The van der Waals surface area contributed by atoms with Crippen LogP contribution in [0.4, 0.5) is 0 Å². The number of benzene rings is 1. The molecule has 0 spiro atoms. The van der Waals surface area contributed by atoms with Crippen molar-refractivity contribution in [1.29, 1.82) is 0 Å². The summed E-state index contributed by atoms with van der Waals surface area (Å²) in [5, 5.41) is 1.39. The Labute approximate surface area is 105 Å². The summed E-state index contributed by atoms with van der Waals surface area (Å²) in [7, 11) is 1.60. The molecule has 1 aromatic carbocycles. The van der Waals surface area contributed by atoms with Crippen molar-refractivity contribution in [3.8, 4) is 0 Å². The van der Waals surface area contributed by atoms with E-state index in [1.807, 2.05) is 12.1 Å². The summed E-state index contributed by atoms with van der Waals surface area (Å²) in [5.74, 6) is 0.636. The predicted molar refractivity (Wildman–Crippen MR) is 67.8 cm³/mol. The molecule has 0 aromatic heterocycles. The first-order valence-electron chi connectivity index (χ1n) is 3.88. The predicted octanol–water partition coefficient (Wildman–Crippen LogP) is 4.61. The van der Waals surface area contributed by atoms with Gasteiger partial charge in [-0.2, -0.15) is 0 Å². The summed E-state index contributed by atoms with van der Waals surface area (Å²) in [4.78, 5) is 0. The van der Waals surface area contributed by atoms with E-state index in [1.54, 1.807) is 7.11 Å². The van der Waals surface area contributed by atoms with Gasteiger partial charge in [-0.1, -0.05) is 34.1 Å². The van der Waals surface area contributed by atoms with Crippen molar-refractivity contribution in [1.82, 2.24) is 0 Å². The molecule has 14 heavy (non-hydrogen) atoms. The van der Waals surface area contributed by atoms with Crippen LogP contribution in [0.5, 0.6) is 0 Å². The maximum atomic E-state index is 5.97. The van der Waals surface area contributed by atoms with Crippen molar-refractivity contribution >= 4 is 49.2 Å². The molecule has 0 radical (unpaired) electrons. The Morgan fingerprint density at radius 3 is 2.71 bits per heavy atom. The fourth-order valence-electron chi connectivity index (χ4n) is 1.09. The molecule has 1 nitrogen and oxygen atoms in total. The summed E-state index contributed by atoms with van der Waals surface area (Å²) in [5.41, 5.74) is 2.00. The third kappa shape index (κ3) is 2.33. The van der Waals surface area contributed by atoms with Crippen LogP contribution in [0, 0.1) is 0 Å². The molecule has 0 fully saturated rings. The minimum absolute atomic E-state index is 0.636. The number of ether oxygens (including phenoxy) is 1. The van der Waals surface area contributed by atoms with E-state index in [0.29, 0.717) is 16.1 Å². The van der Waals surface area contributed by atoms with Gasteiger partial charge < -0.3 is 4.74 Å². The summed E-state index contributed by atoms with van der Waals surface area (Å²) in [6.07, 6.45) is 0. The highest BCUT2D eigenvalue weighted by molar-refractivity contribution is 9.10. The van der Waals surface area contributed by atoms with E-state index in [1.165, 1.54) is 0 Å². The highest BCUT2D eigenvalue weighted by atomic mass is 79.9. The molecule has 1 rings (SSSR count). The van der Waals surface area contributed by atoms with Gasteiger partial charge in [0.05, 0.1) is 12.1 Å². The van der Waals surface area contributed by atoms with Gasteiger partial charge in [0.15, 0.2) is 0 Å². The molecule has 0 saturated heterocycles. The van der Waals surface area contributed by atoms with Crippen LogP contribution in [-0.2, 0) is 10.1 Å². The summed E-state index contributed by atoms with van der Waals surface area (Å²) >= 11 is 12.8. The summed E-state index contributed by atoms with van der Waals surface area (Å²) in [6, 6.07) is 3.72. The zero-order valence-electron chi connectivity index (χ0n) is 7.61. The molecule has 0 atom stereocenters. The number of halogens is 3. The second kappa shape index (κ2) is 5.19. The topological polar surface area (TPSA) is 9.23 Å². The van der Waals surface area contributed by atoms with Gasteiger partial charge in [0, 0.05) is 15.4 Å². The Morgan fingerprint density at radius 2 is 2.21 bits per heavy atom. The van der Waals surface area contributed by atoms with Gasteiger partial charge in [0.1, 0.15) is 5.76 Å². The van der Waals surface area contributed by atoms with Crippen molar-refractivity contribution in [3.63, 3.8) is 0 Å². The fourth-order valence-corrected chi connectivity index (χ4v) is 2.72. The molecule has 0 saturated carbocycles. The van der Waals surface area contributed by atoms with E-state index in [4.69, 9.17) is 16.3 Å². The third-order valence-corrected chi connectivity index (χ3v) is 3.89. The van der Waals surface area contributed by atoms with Crippen molar-refractivity contribution in [2.75, 3.05) is 7.11 Å². The van der Waals surface area contributed by atoms with E-state index in [-0.39, 0.29) is 0 Å². The Hall–Kier alpha value is 0.01000. The minimum Gasteiger partial charge on any atom is -0.497 e. The molecule has 0 aliphatic carbocycles. The highest BCUT2D eigenvalue weighted by Crippen LogP contribution is 2.33. The molecule has 0 unspecified atom stereocenters. The lowest BCUT2D eigenvalue weighted by molar-refractivity contribution is 0.371. The van der Waals surface area contributed by atoms with Crippen molar-refractivity contribution in [3.05, 3.63) is 39.3 Å². The Bertz CT molecular complexity index is 363. The first-order valence-corrected chi connectivity index (χ1v) is 6.17. The average Bonchev–Trinajstić information content (AvgIpc) is 2.20. The first-order chi connectivity index (χ1) is 6.61. The second-order valence-corrected chi connectivity index (χ2v) is 4.41. The number of hydrogen-bond donors (Lipinski definition) is 0. The normalized spacial score (nSPS) is 10.0. The van der Waals surface area contributed by atoms with Gasteiger partial charge >= 0.3 is 0 Å². The SMILES string of the molecule is C=C(OC)c1ccc(Cl)c(Br)c1CBr. The zero-order chi connectivity index (χ0) is 10.7. The summed E-state index contributed by atoms with van der Waals surface area (Å²) < 4.78 is 5.98. The Morgan fingerprint density at radius 1 is 1.57 bits per heavy atom. The van der Waals surface area contributed by atoms with Crippen LogP contribution in [0.1, 0.15) is 11.1 Å². The minimum atomic E-state index is 0.636.